The van der Waals surface area contributed by atoms with Gasteiger partial charge in [-0.25, -0.2) is 0 Å². The zero-order valence-corrected chi connectivity index (χ0v) is 10.1. The smallest absolute Gasteiger partial charge is 0.298 e. The fourth-order valence-electron chi connectivity index (χ4n) is 2.36. The molecule has 0 bridgehead atoms. The summed E-state index contributed by atoms with van der Waals surface area (Å²) in [5, 5.41) is 0. The summed E-state index contributed by atoms with van der Waals surface area (Å²) in [6.45, 7) is 7.88. The van der Waals surface area contributed by atoms with E-state index in [2.05, 4.69) is 16.8 Å². The third-order valence-corrected chi connectivity index (χ3v) is 3.52. The van der Waals surface area contributed by atoms with E-state index in [4.69, 9.17) is 4.42 Å². The monoisotopic (exact) mass is 232 g/mol. The van der Waals surface area contributed by atoms with Gasteiger partial charge in [-0.15, -0.1) is 0 Å². The maximum Gasteiger partial charge on any atom is 0.298 e. The molecule has 17 heavy (non-hydrogen) atoms. The Morgan fingerprint density at radius 2 is 2.06 bits per heavy atom. The van der Waals surface area contributed by atoms with Crippen LogP contribution < -0.4 is 9.80 Å². The van der Waals surface area contributed by atoms with E-state index in [9.17, 15) is 0 Å². The van der Waals surface area contributed by atoms with E-state index in [1.807, 2.05) is 24.3 Å². The summed E-state index contributed by atoms with van der Waals surface area (Å²) in [5.41, 5.74) is 1.83. The Labute approximate surface area is 101 Å². The van der Waals surface area contributed by atoms with Crippen LogP contribution in [0.1, 0.15) is 6.92 Å². The average molecular weight is 232 g/mol. The van der Waals surface area contributed by atoms with E-state index in [-0.39, 0.29) is 0 Å². The summed E-state index contributed by atoms with van der Waals surface area (Å²) in [6.07, 6.45) is 0. The molecule has 1 aliphatic rings. The molecule has 0 unspecified atom stereocenters. The van der Waals surface area contributed by atoms with Crippen molar-refractivity contribution in [2.75, 3.05) is 37.6 Å². The Kier molecular flexibility index (Phi) is 2.73. The summed E-state index contributed by atoms with van der Waals surface area (Å²) in [5.74, 6) is 0. The van der Waals surface area contributed by atoms with Crippen molar-refractivity contribution in [3.05, 3.63) is 24.3 Å². The zero-order chi connectivity index (χ0) is 11.7. The minimum Gasteiger partial charge on any atom is -0.423 e. The van der Waals surface area contributed by atoms with Crippen LogP contribution in [0.5, 0.6) is 0 Å². The topological polar surface area (TPSA) is 33.7 Å². The summed E-state index contributed by atoms with van der Waals surface area (Å²) in [6, 6.07) is 8.72. The van der Waals surface area contributed by atoms with Gasteiger partial charge in [-0.1, -0.05) is 12.1 Å². The molecular weight excluding hydrogens is 214 g/mol. The van der Waals surface area contributed by atoms with Crippen LogP contribution in [-0.2, 0) is 0 Å². The van der Waals surface area contributed by atoms with Crippen LogP contribution in [0, 0.1) is 0 Å². The average Bonchev–Trinajstić information content (AvgIpc) is 2.82. The number of nitrogens with zero attached hydrogens (tertiary/aromatic N) is 2. The van der Waals surface area contributed by atoms with Crippen LogP contribution in [0.15, 0.2) is 28.7 Å². The molecule has 2 heterocycles. The molecule has 0 saturated carbocycles. The first kappa shape index (κ1) is 10.6. The first-order valence-corrected chi connectivity index (χ1v) is 6.31. The molecule has 1 fully saturated rings. The van der Waals surface area contributed by atoms with Crippen molar-refractivity contribution < 1.29 is 9.32 Å². The Balaban J connectivity index is 1.80. The van der Waals surface area contributed by atoms with Gasteiger partial charge in [0.25, 0.3) is 6.01 Å². The summed E-state index contributed by atoms with van der Waals surface area (Å²) >= 11 is 0. The molecule has 90 valence electrons. The standard InChI is InChI=1S/C13H17N3O/c1-2-15-7-9-16(10-8-15)13-14-11-5-3-4-6-12(11)17-13/h3-6H,2,7-10H2,1H3/p+1. The molecule has 0 spiro atoms. The van der Waals surface area contributed by atoms with Crippen LogP contribution in [0.2, 0.25) is 0 Å². The molecule has 1 aromatic heterocycles. The maximum absolute atomic E-state index is 5.78. The van der Waals surface area contributed by atoms with Gasteiger partial charge in [0, 0.05) is 0 Å². The number of quaternary nitrogens is 1. The molecule has 1 saturated heterocycles. The number of rotatable bonds is 2. The highest BCUT2D eigenvalue weighted by Gasteiger charge is 2.22. The minimum absolute atomic E-state index is 0.779. The van der Waals surface area contributed by atoms with E-state index in [0.717, 1.165) is 30.2 Å². The lowest BCUT2D eigenvalue weighted by Crippen LogP contribution is -3.14. The van der Waals surface area contributed by atoms with E-state index >= 15 is 0 Å². The van der Waals surface area contributed by atoms with Crippen molar-refractivity contribution >= 4 is 17.1 Å². The van der Waals surface area contributed by atoms with Crippen LogP contribution in [0.3, 0.4) is 0 Å². The summed E-state index contributed by atoms with van der Waals surface area (Å²) in [7, 11) is 0. The van der Waals surface area contributed by atoms with Crippen molar-refractivity contribution in [2.45, 2.75) is 6.92 Å². The van der Waals surface area contributed by atoms with Crippen LogP contribution in [0.25, 0.3) is 11.1 Å². The second-order valence-electron chi connectivity index (χ2n) is 4.55. The Morgan fingerprint density at radius 1 is 1.29 bits per heavy atom. The van der Waals surface area contributed by atoms with Gasteiger partial charge in [0.05, 0.1) is 32.7 Å². The molecule has 1 aromatic carbocycles. The van der Waals surface area contributed by atoms with Crippen molar-refractivity contribution in [1.82, 2.24) is 4.98 Å². The number of aromatic nitrogens is 1. The van der Waals surface area contributed by atoms with Gasteiger partial charge in [0.2, 0.25) is 0 Å². The number of anilines is 1. The number of fused-ring (bicyclic) bond motifs is 1. The van der Waals surface area contributed by atoms with Crippen LogP contribution >= 0.6 is 0 Å². The largest absolute Gasteiger partial charge is 0.423 e. The number of benzene rings is 1. The maximum atomic E-state index is 5.78. The van der Waals surface area contributed by atoms with Gasteiger partial charge >= 0.3 is 0 Å². The summed E-state index contributed by atoms with van der Waals surface area (Å²) < 4.78 is 5.78. The highest BCUT2D eigenvalue weighted by molar-refractivity contribution is 5.74. The Morgan fingerprint density at radius 3 is 2.76 bits per heavy atom. The molecular formula is C13H18N3O+. The van der Waals surface area contributed by atoms with Gasteiger partial charge in [-0.2, -0.15) is 4.98 Å². The van der Waals surface area contributed by atoms with Crippen LogP contribution in [0.4, 0.5) is 6.01 Å². The fourth-order valence-corrected chi connectivity index (χ4v) is 2.36. The number of hydrogen-bond acceptors (Lipinski definition) is 3. The van der Waals surface area contributed by atoms with E-state index < -0.39 is 0 Å². The molecule has 0 aliphatic carbocycles. The van der Waals surface area contributed by atoms with E-state index in [1.54, 1.807) is 4.90 Å². The quantitative estimate of drug-likeness (QED) is 0.821. The predicted octanol–water partition coefficient (Wildman–Crippen LogP) is 0.553. The van der Waals surface area contributed by atoms with Gasteiger partial charge in [-0.05, 0) is 19.1 Å². The fraction of sp³-hybridized carbons (Fsp3) is 0.462. The van der Waals surface area contributed by atoms with Gasteiger partial charge < -0.3 is 14.2 Å². The highest BCUT2D eigenvalue weighted by atomic mass is 16.4. The van der Waals surface area contributed by atoms with Gasteiger partial charge in [0.1, 0.15) is 5.52 Å². The Hall–Kier alpha value is -1.55. The second-order valence-corrected chi connectivity index (χ2v) is 4.55. The Bertz CT molecular complexity index is 467. The first-order valence-electron chi connectivity index (χ1n) is 6.31. The molecule has 0 atom stereocenters. The zero-order valence-electron chi connectivity index (χ0n) is 10.1. The van der Waals surface area contributed by atoms with Crippen molar-refractivity contribution in [3.8, 4) is 0 Å². The summed E-state index contributed by atoms with van der Waals surface area (Å²) in [4.78, 5) is 8.45. The number of piperazine rings is 1. The molecule has 0 radical (unpaired) electrons. The van der Waals surface area contributed by atoms with Crippen LogP contribution in [-0.4, -0.2) is 37.7 Å². The SMILES string of the molecule is CC[NH+]1CCN(c2nc3ccccc3o2)CC1. The van der Waals surface area contributed by atoms with Crippen molar-refractivity contribution in [3.63, 3.8) is 0 Å². The van der Waals surface area contributed by atoms with E-state index in [1.165, 1.54) is 19.6 Å². The van der Waals surface area contributed by atoms with Crippen molar-refractivity contribution in [2.24, 2.45) is 0 Å². The highest BCUT2D eigenvalue weighted by Crippen LogP contribution is 2.21. The minimum atomic E-state index is 0.779. The molecule has 1 aliphatic heterocycles. The number of hydrogen-bond donors (Lipinski definition) is 1. The molecule has 2 aromatic rings. The number of likely N-dealkylation sites (N-methyl/N-ethyl adjacent to an activating group) is 1. The van der Waals surface area contributed by atoms with Crippen molar-refractivity contribution in [1.29, 1.82) is 0 Å². The molecule has 4 heteroatoms. The molecule has 1 N–H and O–H groups in total. The normalized spacial score (nSPS) is 17.8. The number of para-hydroxylation sites is 2. The lowest BCUT2D eigenvalue weighted by atomic mass is 10.3. The third-order valence-electron chi connectivity index (χ3n) is 3.52. The lowest BCUT2D eigenvalue weighted by Gasteiger charge is -2.30. The van der Waals surface area contributed by atoms with Gasteiger partial charge in [-0.3, -0.25) is 0 Å². The number of nitrogens with one attached hydrogen (secondary N) is 1. The lowest BCUT2D eigenvalue weighted by molar-refractivity contribution is -0.898. The molecule has 0 amide bonds. The molecule has 4 nitrogen and oxygen atoms in total. The second kappa shape index (κ2) is 4.37. The van der Waals surface area contributed by atoms with E-state index in [0.29, 0.717) is 0 Å². The third kappa shape index (κ3) is 2.00. The number of oxazole rings is 1. The first-order chi connectivity index (χ1) is 8.36. The molecule has 3 rings (SSSR count). The van der Waals surface area contributed by atoms with Gasteiger partial charge in [0.15, 0.2) is 5.58 Å². The predicted molar refractivity (Wildman–Crippen MR) is 67.5 cm³/mol.